The molecular weight excluding hydrogens is 526 g/mol. The number of nitrogens with one attached hydrogen (secondary N) is 1. The number of carbonyl (C=O) groups is 2. The summed E-state index contributed by atoms with van der Waals surface area (Å²) in [5.74, 6) is 0.324. The first kappa shape index (κ1) is 26.5. The van der Waals surface area contributed by atoms with Gasteiger partial charge in [-0.3, -0.25) is 15.1 Å². The summed E-state index contributed by atoms with van der Waals surface area (Å²) in [5, 5.41) is 12.5. The highest BCUT2D eigenvalue weighted by Gasteiger charge is 2.51. The minimum Gasteiger partial charge on any atom is -0.444 e. The number of ether oxygens (including phenoxy) is 1. The zero-order chi connectivity index (χ0) is 28.1. The van der Waals surface area contributed by atoms with E-state index in [1.807, 2.05) is 74.2 Å². The lowest BCUT2D eigenvalue weighted by Crippen LogP contribution is -2.43. The van der Waals surface area contributed by atoms with Gasteiger partial charge in [-0.2, -0.15) is 0 Å². The largest absolute Gasteiger partial charge is 0.444 e. The van der Waals surface area contributed by atoms with Gasteiger partial charge in [0, 0.05) is 30.2 Å². The van der Waals surface area contributed by atoms with E-state index in [2.05, 4.69) is 14.9 Å². The number of anilines is 1. The third kappa shape index (κ3) is 5.09. The molecule has 4 heterocycles. The Labute approximate surface area is 236 Å². The van der Waals surface area contributed by atoms with Crippen LogP contribution in [0.4, 0.5) is 10.7 Å². The van der Waals surface area contributed by atoms with Crippen molar-refractivity contribution >= 4 is 40.3 Å². The molecule has 1 aromatic carbocycles. The fourth-order valence-corrected chi connectivity index (χ4v) is 6.77. The third-order valence-electron chi connectivity index (χ3n) is 7.71. The van der Waals surface area contributed by atoms with E-state index in [9.17, 15) is 14.7 Å². The number of thiophene rings is 1. The maximum Gasteiger partial charge on any atom is 0.410 e. The maximum absolute atomic E-state index is 13.4. The van der Waals surface area contributed by atoms with Crippen molar-refractivity contribution in [2.45, 2.75) is 58.3 Å². The van der Waals surface area contributed by atoms with E-state index in [4.69, 9.17) is 9.72 Å². The van der Waals surface area contributed by atoms with Crippen LogP contribution in [-0.2, 0) is 11.3 Å². The van der Waals surface area contributed by atoms with Crippen LogP contribution in [0.15, 0.2) is 54.7 Å². The number of hydrogen-bond donors (Lipinski definition) is 2. The third-order valence-corrected chi connectivity index (χ3v) is 8.84. The van der Waals surface area contributed by atoms with Gasteiger partial charge in [0.15, 0.2) is 0 Å². The lowest BCUT2D eigenvalue weighted by atomic mass is 9.65. The number of aliphatic hydroxyl groups excluding tert-OH is 1. The number of para-hydroxylation sites is 2. The SMILES string of the molecule is CC(C)(C)OC(=O)N1CC[C@]2(C1)C[C@H](n1c(NC(=O)c3ccc(-c4ccnc(CO)c4)s3)nc3ccccc31)C2. The van der Waals surface area contributed by atoms with Crippen molar-refractivity contribution in [3.05, 3.63) is 65.3 Å². The number of aliphatic hydroxyl groups is 1. The monoisotopic (exact) mass is 559 g/mol. The van der Waals surface area contributed by atoms with Crippen LogP contribution in [0.3, 0.4) is 0 Å². The molecule has 6 rings (SSSR count). The maximum atomic E-state index is 13.4. The van der Waals surface area contributed by atoms with E-state index in [-0.39, 0.29) is 30.1 Å². The average molecular weight is 560 g/mol. The highest BCUT2D eigenvalue weighted by Crippen LogP contribution is 2.55. The lowest BCUT2D eigenvalue weighted by molar-refractivity contribution is 0.0199. The van der Waals surface area contributed by atoms with Crippen molar-refractivity contribution in [2.75, 3.05) is 18.4 Å². The zero-order valence-electron chi connectivity index (χ0n) is 22.9. The molecular formula is C30H33N5O4S. The number of pyridine rings is 1. The van der Waals surface area contributed by atoms with Crippen molar-refractivity contribution in [3.8, 4) is 10.4 Å². The number of hydrogen-bond acceptors (Lipinski definition) is 7. The Morgan fingerprint density at radius 2 is 1.98 bits per heavy atom. The van der Waals surface area contributed by atoms with Crippen LogP contribution in [0.25, 0.3) is 21.5 Å². The van der Waals surface area contributed by atoms with Gasteiger partial charge in [-0.25, -0.2) is 9.78 Å². The second kappa shape index (κ2) is 10.0. The Balaban J connectivity index is 1.19. The number of nitrogens with zero attached hydrogens (tertiary/aromatic N) is 4. The van der Waals surface area contributed by atoms with Gasteiger partial charge in [-0.1, -0.05) is 12.1 Å². The summed E-state index contributed by atoms with van der Waals surface area (Å²) in [5.41, 5.74) is 2.87. The predicted octanol–water partition coefficient (Wildman–Crippen LogP) is 5.87. The standard InChI is InChI=1S/C30H33N5O4S/c1-29(2,3)39-28(38)34-13-11-30(18-34)15-21(16-30)35-23-7-5-4-6-22(23)32-27(35)33-26(37)25-9-8-24(40-25)19-10-12-31-20(14-19)17-36/h4-10,12,14,21,36H,11,13,15-18H2,1-3H3,(H,32,33,37)/t21-,30-. The number of aromatic nitrogens is 3. The summed E-state index contributed by atoms with van der Waals surface area (Å²) in [6.07, 6.45) is 4.18. The first-order chi connectivity index (χ1) is 19.1. The number of carbonyl (C=O) groups excluding carboxylic acids is 2. The molecule has 4 aromatic rings. The van der Waals surface area contributed by atoms with Gasteiger partial charge < -0.3 is 19.3 Å². The number of imidazole rings is 1. The Morgan fingerprint density at radius 3 is 2.75 bits per heavy atom. The summed E-state index contributed by atoms with van der Waals surface area (Å²) in [7, 11) is 0. The number of likely N-dealkylation sites (tertiary alicyclic amines) is 1. The predicted molar refractivity (Wildman–Crippen MR) is 154 cm³/mol. The van der Waals surface area contributed by atoms with Gasteiger partial charge in [0.05, 0.1) is 28.2 Å². The first-order valence-electron chi connectivity index (χ1n) is 13.6. The Bertz CT molecular complexity index is 1580. The van der Waals surface area contributed by atoms with Crippen LogP contribution in [0.5, 0.6) is 0 Å². The normalized spacial score (nSPS) is 20.6. The fraction of sp³-hybridized carbons (Fsp3) is 0.400. The molecule has 2 N–H and O–H groups in total. The van der Waals surface area contributed by atoms with Crippen LogP contribution in [-0.4, -0.2) is 55.2 Å². The highest BCUT2D eigenvalue weighted by atomic mass is 32.1. The zero-order valence-corrected chi connectivity index (χ0v) is 23.7. The van der Waals surface area contributed by atoms with Crippen molar-refractivity contribution < 1.29 is 19.4 Å². The topological polar surface area (TPSA) is 110 Å². The molecule has 1 aliphatic heterocycles. The van der Waals surface area contributed by atoms with Crippen molar-refractivity contribution in [1.82, 2.24) is 19.4 Å². The molecule has 1 saturated carbocycles. The van der Waals surface area contributed by atoms with E-state index in [0.717, 1.165) is 40.7 Å². The minimum atomic E-state index is -0.512. The van der Waals surface area contributed by atoms with E-state index in [0.29, 0.717) is 29.6 Å². The summed E-state index contributed by atoms with van der Waals surface area (Å²) >= 11 is 1.39. The Hall–Kier alpha value is -3.76. The van der Waals surface area contributed by atoms with Gasteiger partial charge in [0.25, 0.3) is 5.91 Å². The molecule has 10 heteroatoms. The minimum absolute atomic E-state index is 0.0643. The molecule has 40 heavy (non-hydrogen) atoms. The number of benzene rings is 1. The fourth-order valence-electron chi connectivity index (χ4n) is 5.87. The smallest absolute Gasteiger partial charge is 0.410 e. The Kier molecular flexibility index (Phi) is 6.62. The molecule has 1 aliphatic carbocycles. The van der Waals surface area contributed by atoms with E-state index in [1.165, 1.54) is 11.3 Å². The van der Waals surface area contributed by atoms with E-state index in [1.54, 1.807) is 6.20 Å². The summed E-state index contributed by atoms with van der Waals surface area (Å²) < 4.78 is 7.75. The van der Waals surface area contributed by atoms with E-state index < -0.39 is 5.60 Å². The van der Waals surface area contributed by atoms with Crippen LogP contribution in [0, 0.1) is 5.41 Å². The van der Waals surface area contributed by atoms with Crippen molar-refractivity contribution in [2.24, 2.45) is 5.41 Å². The van der Waals surface area contributed by atoms with E-state index >= 15 is 0 Å². The van der Waals surface area contributed by atoms with Crippen LogP contribution < -0.4 is 5.32 Å². The first-order valence-corrected chi connectivity index (χ1v) is 14.4. The summed E-state index contributed by atoms with van der Waals surface area (Å²) in [4.78, 5) is 38.2. The molecule has 9 nitrogen and oxygen atoms in total. The second-order valence-electron chi connectivity index (χ2n) is 11.8. The quantitative estimate of drug-likeness (QED) is 0.317. The molecule has 1 saturated heterocycles. The lowest BCUT2D eigenvalue weighted by Gasteiger charge is -2.46. The molecule has 0 radical (unpaired) electrons. The highest BCUT2D eigenvalue weighted by molar-refractivity contribution is 7.17. The summed E-state index contributed by atoms with van der Waals surface area (Å²) in [6.45, 7) is 6.92. The van der Waals surface area contributed by atoms with Gasteiger partial charge in [-0.15, -0.1) is 11.3 Å². The molecule has 2 aliphatic rings. The number of rotatable bonds is 5. The molecule has 3 aromatic heterocycles. The molecule has 2 amide bonds. The van der Waals surface area contributed by atoms with Gasteiger partial charge in [-0.05, 0) is 87.4 Å². The van der Waals surface area contributed by atoms with Crippen molar-refractivity contribution in [3.63, 3.8) is 0 Å². The second-order valence-corrected chi connectivity index (χ2v) is 12.9. The van der Waals surface area contributed by atoms with Gasteiger partial charge in [0.2, 0.25) is 5.95 Å². The molecule has 1 spiro atoms. The molecule has 208 valence electrons. The van der Waals surface area contributed by atoms with Crippen LogP contribution in [0.1, 0.15) is 61.4 Å². The Morgan fingerprint density at radius 1 is 1.18 bits per heavy atom. The average Bonchev–Trinajstić information content (AvgIpc) is 3.64. The van der Waals surface area contributed by atoms with Crippen LogP contribution in [0.2, 0.25) is 0 Å². The van der Waals surface area contributed by atoms with Crippen LogP contribution >= 0.6 is 11.3 Å². The number of fused-ring (bicyclic) bond motifs is 1. The molecule has 0 unspecified atom stereocenters. The van der Waals surface area contributed by atoms with Crippen molar-refractivity contribution in [1.29, 1.82) is 0 Å². The number of amides is 2. The molecule has 2 fully saturated rings. The van der Waals surface area contributed by atoms with Gasteiger partial charge in [0.1, 0.15) is 5.60 Å². The van der Waals surface area contributed by atoms with Gasteiger partial charge >= 0.3 is 6.09 Å². The summed E-state index contributed by atoms with van der Waals surface area (Å²) in [6, 6.07) is 15.5. The molecule has 0 atom stereocenters. The molecule has 0 bridgehead atoms.